The summed E-state index contributed by atoms with van der Waals surface area (Å²) in [5.74, 6) is -0.0240. The van der Waals surface area contributed by atoms with Crippen LogP contribution < -0.4 is 0 Å². The molecule has 0 radical (unpaired) electrons. The van der Waals surface area contributed by atoms with Crippen LogP contribution in [0.15, 0.2) is 11.6 Å². The number of nitrogens with zero attached hydrogens (tertiary/aromatic N) is 1. The summed E-state index contributed by atoms with van der Waals surface area (Å²) in [6, 6.07) is 0.134. The Morgan fingerprint density at radius 1 is 1.46 bits per heavy atom. The molecule has 0 spiro atoms. The lowest BCUT2D eigenvalue weighted by molar-refractivity contribution is -0.128. The van der Waals surface area contributed by atoms with Crippen LogP contribution in [0.2, 0.25) is 0 Å². The van der Waals surface area contributed by atoms with Crippen LogP contribution in [0.1, 0.15) is 27.7 Å². The van der Waals surface area contributed by atoms with Gasteiger partial charge in [0, 0.05) is 18.7 Å². The molecular formula is C10H19NO2. The second kappa shape index (κ2) is 5.75. The third-order valence-electron chi connectivity index (χ3n) is 1.66. The first kappa shape index (κ1) is 12.2. The highest BCUT2D eigenvalue weighted by Gasteiger charge is 2.13. The summed E-state index contributed by atoms with van der Waals surface area (Å²) in [7, 11) is 0. The molecule has 0 aliphatic heterocycles. The van der Waals surface area contributed by atoms with E-state index in [-0.39, 0.29) is 18.6 Å². The summed E-state index contributed by atoms with van der Waals surface area (Å²) < 4.78 is 0. The highest BCUT2D eigenvalue weighted by Crippen LogP contribution is 2.01. The summed E-state index contributed by atoms with van der Waals surface area (Å²) in [6.07, 6.45) is 1.59. The number of allylic oxidation sites excluding steroid dienone is 1. The Morgan fingerprint density at radius 2 is 2.00 bits per heavy atom. The fraction of sp³-hybridized carbons (Fsp3) is 0.700. The Hall–Kier alpha value is -0.830. The summed E-state index contributed by atoms with van der Waals surface area (Å²) in [4.78, 5) is 13.2. The molecule has 0 aliphatic carbocycles. The van der Waals surface area contributed by atoms with E-state index in [1.54, 1.807) is 11.0 Å². The average molecular weight is 185 g/mol. The standard InChI is InChI=1S/C10H19NO2/c1-8(2)7-10(13)11(5-6-12)9(3)4/h7,9,12H,5-6H2,1-4H3. The summed E-state index contributed by atoms with van der Waals surface area (Å²) in [6.45, 7) is 8.06. The zero-order valence-corrected chi connectivity index (χ0v) is 8.87. The van der Waals surface area contributed by atoms with E-state index in [9.17, 15) is 4.79 Å². The highest BCUT2D eigenvalue weighted by atomic mass is 16.3. The van der Waals surface area contributed by atoms with Gasteiger partial charge in [0.05, 0.1) is 6.61 Å². The second-order valence-corrected chi connectivity index (χ2v) is 3.57. The fourth-order valence-electron chi connectivity index (χ4n) is 1.06. The van der Waals surface area contributed by atoms with Gasteiger partial charge in [-0.3, -0.25) is 4.79 Å². The zero-order chi connectivity index (χ0) is 10.4. The maximum atomic E-state index is 11.5. The number of hydrogen-bond donors (Lipinski definition) is 1. The molecule has 0 aromatic rings. The predicted molar refractivity (Wildman–Crippen MR) is 53.4 cm³/mol. The second-order valence-electron chi connectivity index (χ2n) is 3.57. The van der Waals surface area contributed by atoms with Crippen molar-refractivity contribution in [3.8, 4) is 0 Å². The summed E-state index contributed by atoms with van der Waals surface area (Å²) >= 11 is 0. The molecule has 0 heterocycles. The first-order valence-corrected chi connectivity index (χ1v) is 4.55. The van der Waals surface area contributed by atoms with Crippen molar-refractivity contribution in [2.75, 3.05) is 13.2 Å². The molecule has 3 heteroatoms. The molecule has 3 nitrogen and oxygen atoms in total. The Bertz CT molecular complexity index is 193. The molecule has 0 aliphatic rings. The summed E-state index contributed by atoms with van der Waals surface area (Å²) in [5, 5.41) is 8.75. The van der Waals surface area contributed by atoms with E-state index in [2.05, 4.69) is 0 Å². The molecule has 0 bridgehead atoms. The molecule has 1 amide bonds. The Labute approximate surface area is 80.0 Å². The lowest BCUT2D eigenvalue weighted by atomic mass is 10.2. The van der Waals surface area contributed by atoms with Gasteiger partial charge in [0.1, 0.15) is 0 Å². The average Bonchev–Trinajstić information content (AvgIpc) is 1.97. The van der Waals surface area contributed by atoms with Gasteiger partial charge in [0.15, 0.2) is 0 Å². The molecular weight excluding hydrogens is 166 g/mol. The van der Waals surface area contributed by atoms with Crippen LogP contribution in [0.25, 0.3) is 0 Å². The normalized spacial score (nSPS) is 10.0. The predicted octanol–water partition coefficient (Wildman–Crippen LogP) is 1.18. The molecule has 0 unspecified atom stereocenters. The number of hydrogen-bond acceptors (Lipinski definition) is 2. The highest BCUT2D eigenvalue weighted by molar-refractivity contribution is 5.88. The number of aliphatic hydroxyl groups excluding tert-OH is 1. The molecule has 0 aromatic heterocycles. The maximum absolute atomic E-state index is 11.5. The van der Waals surface area contributed by atoms with E-state index in [0.717, 1.165) is 5.57 Å². The van der Waals surface area contributed by atoms with E-state index < -0.39 is 0 Å². The van der Waals surface area contributed by atoms with Crippen LogP contribution in [0, 0.1) is 0 Å². The number of amides is 1. The van der Waals surface area contributed by atoms with Crippen molar-refractivity contribution in [3.63, 3.8) is 0 Å². The largest absolute Gasteiger partial charge is 0.395 e. The Morgan fingerprint density at radius 3 is 2.31 bits per heavy atom. The quantitative estimate of drug-likeness (QED) is 0.668. The first-order chi connectivity index (χ1) is 5.99. The van der Waals surface area contributed by atoms with Gasteiger partial charge in [-0.2, -0.15) is 0 Å². The van der Waals surface area contributed by atoms with Gasteiger partial charge < -0.3 is 10.0 Å². The van der Waals surface area contributed by atoms with Crippen LogP contribution in [-0.2, 0) is 4.79 Å². The van der Waals surface area contributed by atoms with Crippen molar-refractivity contribution in [3.05, 3.63) is 11.6 Å². The van der Waals surface area contributed by atoms with Gasteiger partial charge in [-0.25, -0.2) is 0 Å². The molecule has 0 aromatic carbocycles. The SMILES string of the molecule is CC(C)=CC(=O)N(CCO)C(C)C. The topological polar surface area (TPSA) is 40.5 Å². The zero-order valence-electron chi connectivity index (χ0n) is 8.87. The molecule has 0 fully saturated rings. The molecule has 0 atom stereocenters. The van der Waals surface area contributed by atoms with Crippen molar-refractivity contribution >= 4 is 5.91 Å². The summed E-state index contributed by atoms with van der Waals surface area (Å²) in [5.41, 5.74) is 0.980. The first-order valence-electron chi connectivity index (χ1n) is 4.55. The van der Waals surface area contributed by atoms with Crippen molar-refractivity contribution in [2.45, 2.75) is 33.7 Å². The van der Waals surface area contributed by atoms with E-state index >= 15 is 0 Å². The third kappa shape index (κ3) is 4.68. The number of rotatable bonds is 4. The number of aliphatic hydroxyl groups is 1. The third-order valence-corrected chi connectivity index (χ3v) is 1.66. The molecule has 0 saturated carbocycles. The van der Waals surface area contributed by atoms with Crippen LogP contribution in [0.4, 0.5) is 0 Å². The van der Waals surface area contributed by atoms with E-state index in [1.807, 2.05) is 27.7 Å². The molecule has 13 heavy (non-hydrogen) atoms. The van der Waals surface area contributed by atoms with E-state index in [4.69, 9.17) is 5.11 Å². The van der Waals surface area contributed by atoms with Gasteiger partial charge in [0.25, 0.3) is 0 Å². The lowest BCUT2D eigenvalue weighted by Gasteiger charge is -2.24. The van der Waals surface area contributed by atoms with Crippen molar-refractivity contribution in [1.82, 2.24) is 4.90 Å². The fourth-order valence-corrected chi connectivity index (χ4v) is 1.06. The van der Waals surface area contributed by atoms with Gasteiger partial charge in [-0.05, 0) is 27.7 Å². The van der Waals surface area contributed by atoms with E-state index in [1.165, 1.54) is 0 Å². The van der Waals surface area contributed by atoms with Crippen LogP contribution in [0.3, 0.4) is 0 Å². The maximum Gasteiger partial charge on any atom is 0.246 e. The van der Waals surface area contributed by atoms with Gasteiger partial charge in [-0.1, -0.05) is 5.57 Å². The van der Waals surface area contributed by atoms with Crippen molar-refractivity contribution < 1.29 is 9.90 Å². The van der Waals surface area contributed by atoms with E-state index in [0.29, 0.717) is 6.54 Å². The lowest BCUT2D eigenvalue weighted by Crippen LogP contribution is -2.38. The minimum absolute atomic E-state index is 0.0144. The van der Waals surface area contributed by atoms with Crippen LogP contribution >= 0.6 is 0 Å². The van der Waals surface area contributed by atoms with Crippen molar-refractivity contribution in [1.29, 1.82) is 0 Å². The van der Waals surface area contributed by atoms with Gasteiger partial charge in [0.2, 0.25) is 5.91 Å². The van der Waals surface area contributed by atoms with Gasteiger partial charge in [-0.15, -0.1) is 0 Å². The Balaban J connectivity index is 4.37. The Kier molecular flexibility index (Phi) is 5.39. The number of carbonyl (C=O) groups is 1. The molecule has 76 valence electrons. The monoisotopic (exact) mass is 185 g/mol. The van der Waals surface area contributed by atoms with Crippen molar-refractivity contribution in [2.24, 2.45) is 0 Å². The number of carbonyl (C=O) groups excluding carboxylic acids is 1. The molecule has 0 rings (SSSR count). The minimum Gasteiger partial charge on any atom is -0.395 e. The minimum atomic E-state index is -0.0240. The molecule has 1 N–H and O–H groups in total. The smallest absolute Gasteiger partial charge is 0.246 e. The van der Waals surface area contributed by atoms with Gasteiger partial charge >= 0.3 is 0 Å². The van der Waals surface area contributed by atoms with Crippen LogP contribution in [0.5, 0.6) is 0 Å². The van der Waals surface area contributed by atoms with Crippen LogP contribution in [-0.4, -0.2) is 35.1 Å². The molecule has 0 saturated heterocycles.